The van der Waals surface area contributed by atoms with Crippen molar-refractivity contribution in [2.45, 2.75) is 5.92 Å². The molecule has 0 saturated heterocycles. The maximum absolute atomic E-state index is 12.7. The largest absolute Gasteiger partial charge is 0.356 e. The Labute approximate surface area is 153 Å². The van der Waals surface area contributed by atoms with E-state index in [4.69, 9.17) is 0 Å². The highest BCUT2D eigenvalue weighted by Gasteiger charge is 2.23. The van der Waals surface area contributed by atoms with Crippen molar-refractivity contribution in [1.82, 2.24) is 15.8 Å². The summed E-state index contributed by atoms with van der Waals surface area (Å²) in [4.78, 5) is 27.6. The van der Waals surface area contributed by atoms with Crippen molar-refractivity contribution in [3.05, 3.63) is 94.2 Å². The number of halogens is 1. The molecule has 0 saturated carbocycles. The molecule has 0 spiro atoms. The lowest BCUT2D eigenvalue weighted by molar-refractivity contribution is -0.122. The van der Waals surface area contributed by atoms with Gasteiger partial charge in [0, 0.05) is 10.7 Å². The third-order valence-electron chi connectivity index (χ3n) is 3.72. The van der Waals surface area contributed by atoms with E-state index < -0.39 is 11.8 Å². The number of aromatic nitrogens is 1. The number of H-pyrrole nitrogens is 1. The topological polar surface area (TPSA) is 74.0 Å². The van der Waals surface area contributed by atoms with Gasteiger partial charge >= 0.3 is 0 Å². The molecule has 0 aliphatic heterocycles. The van der Waals surface area contributed by atoms with Crippen molar-refractivity contribution in [2.75, 3.05) is 0 Å². The van der Waals surface area contributed by atoms with E-state index in [9.17, 15) is 9.59 Å². The number of hydrazine groups is 1. The normalized spacial score (nSPS) is 10.5. The first-order chi connectivity index (χ1) is 12.1. The molecule has 2 amide bonds. The van der Waals surface area contributed by atoms with Gasteiger partial charge in [-0.3, -0.25) is 20.4 Å². The van der Waals surface area contributed by atoms with Crippen LogP contribution in [0.4, 0.5) is 0 Å². The molecule has 0 atom stereocenters. The fourth-order valence-corrected chi connectivity index (χ4v) is 2.89. The maximum atomic E-state index is 12.7. The summed E-state index contributed by atoms with van der Waals surface area (Å²) in [6, 6.07) is 20.5. The molecule has 0 aliphatic carbocycles. The molecule has 0 radical (unpaired) electrons. The lowest BCUT2D eigenvalue weighted by Gasteiger charge is -2.18. The fraction of sp³-hybridized carbons (Fsp3) is 0.0526. The molecule has 2 aromatic carbocycles. The highest BCUT2D eigenvalue weighted by Crippen LogP contribution is 2.24. The first kappa shape index (κ1) is 17.0. The number of amides is 2. The average Bonchev–Trinajstić information content (AvgIpc) is 3.08. The number of aromatic amines is 1. The zero-order chi connectivity index (χ0) is 17.6. The van der Waals surface area contributed by atoms with E-state index >= 15 is 0 Å². The highest BCUT2D eigenvalue weighted by molar-refractivity contribution is 9.10. The third kappa shape index (κ3) is 4.16. The predicted octanol–water partition coefficient (Wildman–Crippen LogP) is 3.37. The molecule has 5 nitrogen and oxygen atoms in total. The second-order valence-electron chi connectivity index (χ2n) is 5.43. The van der Waals surface area contributed by atoms with Crippen LogP contribution in [0.5, 0.6) is 0 Å². The van der Waals surface area contributed by atoms with Crippen molar-refractivity contribution in [3.8, 4) is 0 Å². The summed E-state index contributed by atoms with van der Waals surface area (Å²) in [6.45, 7) is 0. The number of hydrogen-bond acceptors (Lipinski definition) is 2. The quantitative estimate of drug-likeness (QED) is 0.590. The van der Waals surface area contributed by atoms with Gasteiger partial charge in [0.05, 0.1) is 5.92 Å². The summed E-state index contributed by atoms with van der Waals surface area (Å²) < 4.78 is 0.760. The van der Waals surface area contributed by atoms with Gasteiger partial charge in [-0.05, 0) is 33.1 Å². The smallest absolute Gasteiger partial charge is 0.286 e. The van der Waals surface area contributed by atoms with Gasteiger partial charge in [0.15, 0.2) is 0 Å². The van der Waals surface area contributed by atoms with Gasteiger partial charge in [0.25, 0.3) is 5.91 Å². The van der Waals surface area contributed by atoms with E-state index in [-0.39, 0.29) is 5.91 Å². The molecule has 0 unspecified atom stereocenters. The van der Waals surface area contributed by atoms with Crippen LogP contribution in [0.1, 0.15) is 27.5 Å². The number of carbonyl (C=O) groups is 2. The summed E-state index contributed by atoms with van der Waals surface area (Å²) in [5.74, 6) is -1.24. The van der Waals surface area contributed by atoms with Gasteiger partial charge in [-0.1, -0.05) is 60.7 Å². The van der Waals surface area contributed by atoms with Crippen molar-refractivity contribution >= 4 is 27.7 Å². The SMILES string of the molecule is O=C(NNC(=O)C(c1ccccc1)c1ccccc1)c1cc(Br)c[nH]1. The Morgan fingerprint density at radius 2 is 1.44 bits per heavy atom. The van der Waals surface area contributed by atoms with Gasteiger partial charge in [0.2, 0.25) is 5.91 Å². The van der Waals surface area contributed by atoms with E-state index in [1.807, 2.05) is 60.7 Å². The van der Waals surface area contributed by atoms with Crippen molar-refractivity contribution in [2.24, 2.45) is 0 Å². The molecule has 1 heterocycles. The number of nitrogens with one attached hydrogen (secondary N) is 3. The fourth-order valence-electron chi connectivity index (χ4n) is 2.54. The molecule has 126 valence electrons. The average molecular weight is 398 g/mol. The van der Waals surface area contributed by atoms with Gasteiger partial charge in [0.1, 0.15) is 5.69 Å². The third-order valence-corrected chi connectivity index (χ3v) is 4.18. The van der Waals surface area contributed by atoms with E-state index in [0.717, 1.165) is 15.6 Å². The van der Waals surface area contributed by atoms with E-state index in [0.29, 0.717) is 5.69 Å². The molecule has 0 fully saturated rings. The Bertz CT molecular complexity index is 823. The first-order valence-electron chi connectivity index (χ1n) is 7.69. The molecular weight excluding hydrogens is 382 g/mol. The molecule has 0 aliphatic rings. The summed E-state index contributed by atoms with van der Waals surface area (Å²) in [5.41, 5.74) is 7.01. The van der Waals surface area contributed by atoms with Crippen LogP contribution in [0.25, 0.3) is 0 Å². The second-order valence-corrected chi connectivity index (χ2v) is 6.35. The number of hydrogen-bond donors (Lipinski definition) is 3. The van der Waals surface area contributed by atoms with Gasteiger partial charge in [-0.15, -0.1) is 0 Å². The Morgan fingerprint density at radius 1 is 0.880 bits per heavy atom. The highest BCUT2D eigenvalue weighted by atomic mass is 79.9. The number of carbonyl (C=O) groups excluding carboxylic acids is 2. The van der Waals surface area contributed by atoms with Crippen LogP contribution < -0.4 is 10.9 Å². The van der Waals surface area contributed by atoms with Crippen LogP contribution in [-0.2, 0) is 4.79 Å². The molecule has 1 aromatic heterocycles. The van der Waals surface area contributed by atoms with E-state index in [1.165, 1.54) is 0 Å². The van der Waals surface area contributed by atoms with Crippen molar-refractivity contribution in [3.63, 3.8) is 0 Å². The summed E-state index contributed by atoms with van der Waals surface area (Å²) in [6.07, 6.45) is 1.65. The molecular formula is C19H16BrN3O2. The second kappa shape index (κ2) is 7.81. The molecule has 0 bridgehead atoms. The maximum Gasteiger partial charge on any atom is 0.286 e. The summed E-state index contributed by atoms with van der Waals surface area (Å²) >= 11 is 3.27. The molecule has 6 heteroatoms. The van der Waals surface area contributed by atoms with E-state index in [2.05, 4.69) is 31.8 Å². The molecule has 3 rings (SSSR count). The zero-order valence-electron chi connectivity index (χ0n) is 13.2. The molecule has 25 heavy (non-hydrogen) atoms. The van der Waals surface area contributed by atoms with Crippen LogP contribution in [0, 0.1) is 0 Å². The van der Waals surface area contributed by atoms with Crippen LogP contribution in [0.2, 0.25) is 0 Å². The number of rotatable bonds is 4. The van der Waals surface area contributed by atoms with Crippen LogP contribution in [0.3, 0.4) is 0 Å². The van der Waals surface area contributed by atoms with Gasteiger partial charge < -0.3 is 4.98 Å². The van der Waals surface area contributed by atoms with Crippen LogP contribution >= 0.6 is 15.9 Å². The predicted molar refractivity (Wildman–Crippen MR) is 98.8 cm³/mol. The van der Waals surface area contributed by atoms with Crippen LogP contribution in [0.15, 0.2) is 77.4 Å². The minimum absolute atomic E-state index is 0.309. The van der Waals surface area contributed by atoms with Gasteiger partial charge in [-0.25, -0.2) is 0 Å². The molecule has 3 aromatic rings. The summed E-state index contributed by atoms with van der Waals surface area (Å²) in [7, 11) is 0. The minimum Gasteiger partial charge on any atom is -0.356 e. The Hall–Kier alpha value is -2.86. The Morgan fingerprint density at radius 3 is 1.92 bits per heavy atom. The van der Waals surface area contributed by atoms with Crippen LogP contribution in [-0.4, -0.2) is 16.8 Å². The standard InChI is InChI=1S/C19H16BrN3O2/c20-15-11-16(21-12-15)18(24)22-23-19(25)17(13-7-3-1-4-8-13)14-9-5-2-6-10-14/h1-12,17,21H,(H,22,24)(H,23,25). The lowest BCUT2D eigenvalue weighted by Crippen LogP contribution is -2.44. The Kier molecular flexibility index (Phi) is 5.30. The Balaban J connectivity index is 1.77. The number of benzene rings is 2. The summed E-state index contributed by atoms with van der Waals surface area (Å²) in [5, 5.41) is 0. The molecule has 3 N–H and O–H groups in total. The minimum atomic E-state index is -0.516. The van der Waals surface area contributed by atoms with Crippen molar-refractivity contribution < 1.29 is 9.59 Å². The first-order valence-corrected chi connectivity index (χ1v) is 8.48. The zero-order valence-corrected chi connectivity index (χ0v) is 14.8. The lowest BCUT2D eigenvalue weighted by atomic mass is 9.91. The van der Waals surface area contributed by atoms with Crippen molar-refractivity contribution in [1.29, 1.82) is 0 Å². The van der Waals surface area contributed by atoms with E-state index in [1.54, 1.807) is 12.3 Å². The van der Waals surface area contributed by atoms with Gasteiger partial charge in [-0.2, -0.15) is 0 Å². The monoisotopic (exact) mass is 397 g/mol.